The Hall–Kier alpha value is -2.87. The summed E-state index contributed by atoms with van der Waals surface area (Å²) in [6, 6.07) is 10.2. The number of nitrogens with one attached hydrogen (secondary N) is 1. The predicted octanol–water partition coefficient (Wildman–Crippen LogP) is 4.22. The fourth-order valence-electron chi connectivity index (χ4n) is 2.66. The Morgan fingerprint density at radius 1 is 1.21 bits per heavy atom. The Kier molecular flexibility index (Phi) is 5.69. The summed E-state index contributed by atoms with van der Waals surface area (Å²) in [5.74, 6) is -0.331. The fourth-order valence-corrected chi connectivity index (χ4v) is 2.92. The molecule has 0 aliphatic heterocycles. The molecule has 146 valence electrons. The molecule has 0 atom stereocenters. The number of carbonyl (C=O) groups excluding carboxylic acids is 1. The quantitative estimate of drug-likeness (QED) is 0.687. The molecule has 0 aliphatic carbocycles. The van der Waals surface area contributed by atoms with E-state index in [1.807, 2.05) is 30.3 Å². The van der Waals surface area contributed by atoms with E-state index in [0.29, 0.717) is 11.3 Å². The van der Waals surface area contributed by atoms with Gasteiger partial charge in [-0.3, -0.25) is 9.78 Å². The third-order valence-corrected chi connectivity index (χ3v) is 4.47. The number of alkyl halides is 3. The van der Waals surface area contributed by atoms with E-state index >= 15 is 0 Å². The van der Waals surface area contributed by atoms with Gasteiger partial charge in [-0.2, -0.15) is 18.3 Å². The van der Waals surface area contributed by atoms with E-state index in [0.717, 1.165) is 18.0 Å². The van der Waals surface area contributed by atoms with E-state index in [4.69, 9.17) is 11.6 Å². The van der Waals surface area contributed by atoms with E-state index < -0.39 is 11.7 Å². The Morgan fingerprint density at radius 3 is 2.57 bits per heavy atom. The van der Waals surface area contributed by atoms with Crippen molar-refractivity contribution in [2.45, 2.75) is 19.5 Å². The Bertz CT molecular complexity index is 987. The van der Waals surface area contributed by atoms with E-state index in [2.05, 4.69) is 15.4 Å². The maximum Gasteiger partial charge on any atom is 0.417 e. The number of para-hydroxylation sites is 1. The van der Waals surface area contributed by atoms with Gasteiger partial charge in [0.05, 0.1) is 39.4 Å². The first-order valence-corrected chi connectivity index (χ1v) is 8.75. The number of halogens is 4. The lowest BCUT2D eigenvalue weighted by atomic mass is 10.2. The minimum Gasteiger partial charge on any atom is -0.352 e. The van der Waals surface area contributed by atoms with Crippen LogP contribution in [0.3, 0.4) is 0 Å². The first-order valence-electron chi connectivity index (χ1n) is 8.37. The zero-order valence-electron chi connectivity index (χ0n) is 14.8. The van der Waals surface area contributed by atoms with E-state index in [1.54, 1.807) is 11.6 Å². The number of hydrogen-bond donors (Lipinski definition) is 1. The maximum atomic E-state index is 12.6. The number of rotatable bonds is 5. The van der Waals surface area contributed by atoms with Gasteiger partial charge >= 0.3 is 6.18 Å². The van der Waals surface area contributed by atoms with E-state index in [1.165, 1.54) is 6.20 Å². The SMILES string of the molecule is Cc1c(C(=O)NCCc2ncc(C(F)(F)F)cc2Cl)cnn1-c1ccccc1. The molecule has 1 amide bonds. The van der Waals surface area contributed by atoms with Crippen molar-refractivity contribution in [1.82, 2.24) is 20.1 Å². The Labute approximate surface area is 164 Å². The van der Waals surface area contributed by atoms with E-state index in [9.17, 15) is 18.0 Å². The summed E-state index contributed by atoms with van der Waals surface area (Å²) in [5, 5.41) is 6.86. The van der Waals surface area contributed by atoms with Gasteiger partial charge in [-0.1, -0.05) is 29.8 Å². The van der Waals surface area contributed by atoms with Gasteiger partial charge in [0.1, 0.15) is 0 Å². The minimum atomic E-state index is -4.50. The molecule has 0 unspecified atom stereocenters. The second kappa shape index (κ2) is 8.02. The highest BCUT2D eigenvalue weighted by atomic mass is 35.5. The number of aromatic nitrogens is 3. The van der Waals surface area contributed by atoms with Crippen molar-refractivity contribution in [1.29, 1.82) is 0 Å². The van der Waals surface area contributed by atoms with Crippen molar-refractivity contribution in [2.75, 3.05) is 6.54 Å². The summed E-state index contributed by atoms with van der Waals surface area (Å²) in [4.78, 5) is 16.2. The van der Waals surface area contributed by atoms with Crippen LogP contribution >= 0.6 is 11.6 Å². The van der Waals surface area contributed by atoms with Gasteiger partial charge < -0.3 is 5.32 Å². The summed E-state index contributed by atoms with van der Waals surface area (Å²) < 4.78 is 39.6. The van der Waals surface area contributed by atoms with Crippen LogP contribution in [0.25, 0.3) is 5.69 Å². The lowest BCUT2D eigenvalue weighted by Crippen LogP contribution is -2.26. The topological polar surface area (TPSA) is 59.8 Å². The minimum absolute atomic E-state index is 0.0860. The van der Waals surface area contributed by atoms with Crippen LogP contribution in [0.1, 0.15) is 27.3 Å². The summed E-state index contributed by atoms with van der Waals surface area (Å²) in [7, 11) is 0. The molecule has 9 heteroatoms. The molecule has 3 aromatic rings. The van der Waals surface area contributed by atoms with Gasteiger partial charge in [0.25, 0.3) is 5.91 Å². The van der Waals surface area contributed by atoms with Crippen molar-refractivity contribution < 1.29 is 18.0 Å². The monoisotopic (exact) mass is 408 g/mol. The van der Waals surface area contributed by atoms with Gasteiger partial charge in [0.2, 0.25) is 0 Å². The summed E-state index contributed by atoms with van der Waals surface area (Å²) in [5.41, 5.74) is 1.30. The molecular formula is C19H16ClF3N4O. The Balaban J connectivity index is 1.63. The molecular weight excluding hydrogens is 393 g/mol. The largest absolute Gasteiger partial charge is 0.417 e. The third kappa shape index (κ3) is 4.33. The zero-order chi connectivity index (χ0) is 20.3. The zero-order valence-corrected chi connectivity index (χ0v) is 15.6. The van der Waals surface area contributed by atoms with Crippen molar-refractivity contribution in [3.8, 4) is 5.69 Å². The van der Waals surface area contributed by atoms with Crippen LogP contribution < -0.4 is 5.32 Å². The molecule has 0 spiro atoms. The molecule has 0 saturated heterocycles. The Morgan fingerprint density at radius 2 is 1.93 bits per heavy atom. The second-order valence-electron chi connectivity index (χ2n) is 6.05. The van der Waals surface area contributed by atoms with Crippen molar-refractivity contribution >= 4 is 17.5 Å². The highest BCUT2D eigenvalue weighted by molar-refractivity contribution is 6.31. The van der Waals surface area contributed by atoms with Gasteiger partial charge in [-0.25, -0.2) is 4.68 Å². The van der Waals surface area contributed by atoms with Crippen LogP contribution in [0.4, 0.5) is 13.2 Å². The lowest BCUT2D eigenvalue weighted by Gasteiger charge is -2.10. The van der Waals surface area contributed by atoms with Crippen LogP contribution in [-0.2, 0) is 12.6 Å². The lowest BCUT2D eigenvalue weighted by molar-refractivity contribution is -0.137. The summed E-state index contributed by atoms with van der Waals surface area (Å²) >= 11 is 5.88. The number of benzene rings is 1. The van der Waals surface area contributed by atoms with Crippen molar-refractivity contribution in [2.24, 2.45) is 0 Å². The maximum absolute atomic E-state index is 12.6. The molecule has 28 heavy (non-hydrogen) atoms. The standard InChI is InChI=1S/C19H16ClF3N4O/c1-12-15(11-26-27(12)14-5-3-2-4-6-14)18(28)24-8-7-17-16(20)9-13(10-25-17)19(21,22)23/h2-6,9-11H,7-8H2,1H3,(H,24,28). The predicted molar refractivity (Wildman–Crippen MR) is 98.6 cm³/mol. The number of amides is 1. The second-order valence-corrected chi connectivity index (χ2v) is 6.45. The number of carbonyl (C=O) groups is 1. The third-order valence-electron chi connectivity index (χ3n) is 4.15. The molecule has 0 bridgehead atoms. The van der Waals surface area contributed by atoms with Crippen molar-refractivity contribution in [3.63, 3.8) is 0 Å². The number of nitrogens with zero attached hydrogens (tertiary/aromatic N) is 3. The number of pyridine rings is 1. The van der Waals surface area contributed by atoms with Gasteiger partial charge in [-0.15, -0.1) is 0 Å². The molecule has 2 heterocycles. The molecule has 0 saturated carbocycles. The van der Waals surface area contributed by atoms with Gasteiger partial charge in [-0.05, 0) is 25.1 Å². The molecule has 0 radical (unpaired) electrons. The first kappa shape index (κ1) is 19.9. The van der Waals surface area contributed by atoms with Crippen LogP contribution in [0.15, 0.2) is 48.8 Å². The van der Waals surface area contributed by atoms with Crippen LogP contribution in [0, 0.1) is 6.92 Å². The average Bonchev–Trinajstić information content (AvgIpc) is 3.04. The summed E-state index contributed by atoms with van der Waals surface area (Å²) in [6.45, 7) is 1.95. The summed E-state index contributed by atoms with van der Waals surface area (Å²) in [6.07, 6.45) is -2.09. The van der Waals surface area contributed by atoms with E-state index in [-0.39, 0.29) is 29.6 Å². The van der Waals surface area contributed by atoms with Gasteiger partial charge in [0, 0.05) is 19.2 Å². The smallest absolute Gasteiger partial charge is 0.352 e. The van der Waals surface area contributed by atoms with Crippen LogP contribution in [-0.4, -0.2) is 27.2 Å². The highest BCUT2D eigenvalue weighted by Gasteiger charge is 2.31. The molecule has 1 aromatic carbocycles. The van der Waals surface area contributed by atoms with Crippen LogP contribution in [0.5, 0.6) is 0 Å². The highest BCUT2D eigenvalue weighted by Crippen LogP contribution is 2.31. The average molecular weight is 409 g/mol. The van der Waals surface area contributed by atoms with Crippen molar-refractivity contribution in [3.05, 3.63) is 76.3 Å². The fraction of sp³-hybridized carbons (Fsp3) is 0.211. The molecule has 2 aromatic heterocycles. The molecule has 1 N–H and O–H groups in total. The van der Waals surface area contributed by atoms with Crippen LogP contribution in [0.2, 0.25) is 5.02 Å². The number of hydrogen-bond acceptors (Lipinski definition) is 3. The molecule has 0 aliphatic rings. The van der Waals surface area contributed by atoms with Gasteiger partial charge in [0.15, 0.2) is 0 Å². The molecule has 5 nitrogen and oxygen atoms in total. The molecule has 0 fully saturated rings. The molecule has 3 rings (SSSR count). The normalized spacial score (nSPS) is 11.5. The first-order chi connectivity index (χ1) is 13.3.